The Morgan fingerprint density at radius 1 is 1.30 bits per heavy atom. The van der Waals surface area contributed by atoms with Crippen LogP contribution in [-0.2, 0) is 6.54 Å². The molecular weight excluding hydrogens is 320 g/mol. The lowest BCUT2D eigenvalue weighted by Gasteiger charge is -2.18. The number of oxazole rings is 1. The van der Waals surface area contributed by atoms with Crippen molar-refractivity contribution in [3.63, 3.8) is 0 Å². The topological polar surface area (TPSA) is 58.3 Å². The summed E-state index contributed by atoms with van der Waals surface area (Å²) < 4.78 is 6.51. The molecule has 0 saturated carbocycles. The Balaban J connectivity index is 2.00. The zero-order valence-electron chi connectivity index (χ0n) is 11.6. The Bertz CT molecular complexity index is 537. The monoisotopic (exact) mass is 338 g/mol. The van der Waals surface area contributed by atoms with Crippen LogP contribution in [0.1, 0.15) is 19.5 Å². The van der Waals surface area contributed by atoms with Gasteiger partial charge >= 0.3 is 0 Å². The Hall–Kier alpha value is -1.17. The predicted octanol–water partition coefficient (Wildman–Crippen LogP) is 3.21. The molecule has 0 fully saturated rings. The molecule has 1 atom stereocenters. The van der Waals surface area contributed by atoms with Gasteiger partial charge in [0, 0.05) is 22.6 Å². The van der Waals surface area contributed by atoms with Crippen molar-refractivity contribution in [2.45, 2.75) is 26.4 Å². The van der Waals surface area contributed by atoms with Crippen LogP contribution in [0.4, 0.5) is 0 Å². The van der Waals surface area contributed by atoms with Crippen LogP contribution in [0.5, 0.6) is 0 Å². The van der Waals surface area contributed by atoms with Crippen LogP contribution >= 0.6 is 15.9 Å². The van der Waals surface area contributed by atoms with E-state index in [9.17, 15) is 5.11 Å². The van der Waals surface area contributed by atoms with Gasteiger partial charge in [-0.2, -0.15) is 0 Å². The molecule has 0 aliphatic heterocycles. The van der Waals surface area contributed by atoms with Crippen molar-refractivity contribution in [3.05, 3.63) is 40.7 Å². The summed E-state index contributed by atoms with van der Waals surface area (Å²) in [5.41, 5.74) is 1.78. The minimum absolute atomic E-state index is 0.0721. The molecule has 5 heteroatoms. The van der Waals surface area contributed by atoms with Gasteiger partial charge in [-0.1, -0.05) is 29.8 Å². The number of benzene rings is 1. The Morgan fingerprint density at radius 3 is 2.60 bits per heavy atom. The van der Waals surface area contributed by atoms with Crippen molar-refractivity contribution >= 4 is 15.9 Å². The lowest BCUT2D eigenvalue weighted by atomic mass is 10.1. The molecule has 0 amide bonds. The van der Waals surface area contributed by atoms with E-state index in [4.69, 9.17) is 4.42 Å². The van der Waals surface area contributed by atoms with E-state index >= 15 is 0 Å². The number of aliphatic hydroxyl groups is 1. The number of rotatable bonds is 6. The second kappa shape index (κ2) is 7.02. The van der Waals surface area contributed by atoms with Gasteiger partial charge in [0.05, 0.1) is 12.3 Å². The second-order valence-corrected chi connectivity index (χ2v) is 5.98. The summed E-state index contributed by atoms with van der Waals surface area (Å²) in [6, 6.07) is 7.90. The van der Waals surface area contributed by atoms with Crippen molar-refractivity contribution in [3.8, 4) is 11.5 Å². The molecule has 1 aromatic heterocycles. The molecule has 0 spiro atoms. The van der Waals surface area contributed by atoms with Crippen molar-refractivity contribution in [2.75, 3.05) is 6.61 Å². The van der Waals surface area contributed by atoms with Crippen LogP contribution < -0.4 is 5.32 Å². The van der Waals surface area contributed by atoms with Gasteiger partial charge in [0.25, 0.3) is 0 Å². The fourth-order valence-electron chi connectivity index (χ4n) is 1.86. The molecule has 1 aromatic carbocycles. The molecule has 0 aliphatic rings. The average Bonchev–Trinajstić information content (AvgIpc) is 2.89. The summed E-state index contributed by atoms with van der Waals surface area (Å²) in [6.45, 7) is 4.85. The molecule has 0 unspecified atom stereocenters. The maximum absolute atomic E-state index is 9.27. The fraction of sp³-hybridized carbons (Fsp3) is 0.400. The van der Waals surface area contributed by atoms with E-state index in [1.54, 1.807) is 6.26 Å². The van der Waals surface area contributed by atoms with E-state index in [-0.39, 0.29) is 12.6 Å². The van der Waals surface area contributed by atoms with Crippen molar-refractivity contribution in [2.24, 2.45) is 5.92 Å². The SMILES string of the molecule is CC(C)[C@@H](CO)NCc1coc(-c2ccc(Br)cc2)n1. The van der Waals surface area contributed by atoms with E-state index < -0.39 is 0 Å². The third-order valence-corrected chi connectivity index (χ3v) is 3.72. The zero-order chi connectivity index (χ0) is 14.5. The van der Waals surface area contributed by atoms with Crippen LogP contribution in [-0.4, -0.2) is 22.7 Å². The average molecular weight is 339 g/mol. The molecule has 1 heterocycles. The summed E-state index contributed by atoms with van der Waals surface area (Å²) >= 11 is 3.40. The van der Waals surface area contributed by atoms with Crippen LogP contribution in [0, 0.1) is 5.92 Å². The molecule has 108 valence electrons. The van der Waals surface area contributed by atoms with Crippen molar-refractivity contribution in [1.82, 2.24) is 10.3 Å². The Labute approximate surface area is 127 Å². The first-order valence-electron chi connectivity index (χ1n) is 6.64. The van der Waals surface area contributed by atoms with Crippen LogP contribution in [0.3, 0.4) is 0 Å². The van der Waals surface area contributed by atoms with Crippen molar-refractivity contribution < 1.29 is 9.52 Å². The lowest BCUT2D eigenvalue weighted by Crippen LogP contribution is -2.36. The third-order valence-electron chi connectivity index (χ3n) is 3.19. The van der Waals surface area contributed by atoms with Gasteiger partial charge in [-0.15, -0.1) is 0 Å². The molecule has 4 nitrogen and oxygen atoms in total. The Morgan fingerprint density at radius 2 is 2.00 bits per heavy atom. The quantitative estimate of drug-likeness (QED) is 0.849. The second-order valence-electron chi connectivity index (χ2n) is 5.06. The van der Waals surface area contributed by atoms with Gasteiger partial charge in [0.2, 0.25) is 5.89 Å². The zero-order valence-corrected chi connectivity index (χ0v) is 13.2. The van der Waals surface area contributed by atoms with E-state index in [1.165, 1.54) is 0 Å². The molecule has 0 aliphatic carbocycles. The molecule has 2 rings (SSSR count). The van der Waals surface area contributed by atoms with Crippen molar-refractivity contribution in [1.29, 1.82) is 0 Å². The highest BCUT2D eigenvalue weighted by atomic mass is 79.9. The number of nitrogens with zero attached hydrogens (tertiary/aromatic N) is 1. The predicted molar refractivity (Wildman–Crippen MR) is 82.2 cm³/mol. The summed E-state index contributed by atoms with van der Waals surface area (Å²) in [4.78, 5) is 4.45. The van der Waals surface area contributed by atoms with E-state index in [1.807, 2.05) is 24.3 Å². The minimum Gasteiger partial charge on any atom is -0.444 e. The molecular formula is C15H19BrN2O2. The molecule has 0 bridgehead atoms. The Kier molecular flexibility index (Phi) is 5.34. The largest absolute Gasteiger partial charge is 0.444 e. The number of hydrogen-bond acceptors (Lipinski definition) is 4. The molecule has 20 heavy (non-hydrogen) atoms. The maximum Gasteiger partial charge on any atom is 0.226 e. The normalized spacial score (nSPS) is 12.8. The van der Waals surface area contributed by atoms with Gasteiger partial charge in [0.1, 0.15) is 6.26 Å². The van der Waals surface area contributed by atoms with E-state index in [0.717, 1.165) is 15.7 Å². The van der Waals surface area contributed by atoms with Gasteiger partial charge in [0.15, 0.2) is 0 Å². The summed E-state index contributed by atoms with van der Waals surface area (Å²) in [5, 5.41) is 12.6. The first kappa shape index (κ1) is 15.2. The molecule has 2 N–H and O–H groups in total. The number of aliphatic hydroxyl groups excluding tert-OH is 1. The van der Waals surface area contributed by atoms with Crippen LogP contribution in [0.25, 0.3) is 11.5 Å². The van der Waals surface area contributed by atoms with Crippen LogP contribution in [0.15, 0.2) is 39.4 Å². The smallest absolute Gasteiger partial charge is 0.226 e. The van der Waals surface area contributed by atoms with Gasteiger partial charge < -0.3 is 14.8 Å². The molecule has 0 radical (unpaired) electrons. The highest BCUT2D eigenvalue weighted by Crippen LogP contribution is 2.21. The first-order chi connectivity index (χ1) is 9.60. The van der Waals surface area contributed by atoms with Crippen LogP contribution in [0.2, 0.25) is 0 Å². The number of aromatic nitrogens is 1. The van der Waals surface area contributed by atoms with E-state index in [2.05, 4.69) is 40.1 Å². The molecule has 0 saturated heterocycles. The third kappa shape index (κ3) is 3.91. The van der Waals surface area contributed by atoms with E-state index in [0.29, 0.717) is 18.4 Å². The standard InChI is InChI=1S/C15H19BrN2O2/c1-10(2)14(8-19)17-7-13-9-20-15(18-13)11-3-5-12(16)6-4-11/h3-6,9-10,14,17,19H,7-8H2,1-2H3/t14-/m1/s1. The first-order valence-corrected chi connectivity index (χ1v) is 7.44. The summed E-state index contributed by atoms with van der Waals surface area (Å²) in [5.74, 6) is 0.984. The summed E-state index contributed by atoms with van der Waals surface area (Å²) in [7, 11) is 0. The number of nitrogens with one attached hydrogen (secondary N) is 1. The highest BCUT2D eigenvalue weighted by molar-refractivity contribution is 9.10. The van der Waals surface area contributed by atoms with Gasteiger partial charge in [-0.3, -0.25) is 0 Å². The fourth-order valence-corrected chi connectivity index (χ4v) is 2.12. The minimum atomic E-state index is 0.0721. The number of halogens is 1. The summed E-state index contributed by atoms with van der Waals surface area (Å²) in [6.07, 6.45) is 1.65. The molecule has 2 aromatic rings. The maximum atomic E-state index is 9.27. The lowest BCUT2D eigenvalue weighted by molar-refractivity contribution is 0.209. The number of hydrogen-bond donors (Lipinski definition) is 2. The van der Waals surface area contributed by atoms with Gasteiger partial charge in [-0.25, -0.2) is 4.98 Å². The highest BCUT2D eigenvalue weighted by Gasteiger charge is 2.13. The van der Waals surface area contributed by atoms with Gasteiger partial charge in [-0.05, 0) is 30.2 Å².